The molecule has 98 valence electrons. The Morgan fingerprint density at radius 3 is 2.83 bits per heavy atom. The average Bonchev–Trinajstić information content (AvgIpc) is 2.38. The van der Waals surface area contributed by atoms with Gasteiger partial charge in [-0.15, -0.1) is 0 Å². The molecule has 0 aliphatic carbocycles. The van der Waals surface area contributed by atoms with Crippen molar-refractivity contribution in [1.29, 1.82) is 0 Å². The van der Waals surface area contributed by atoms with E-state index in [0.717, 1.165) is 5.69 Å². The zero-order chi connectivity index (χ0) is 13.5. The van der Waals surface area contributed by atoms with Crippen LogP contribution in [-0.4, -0.2) is 44.1 Å². The highest BCUT2D eigenvalue weighted by Crippen LogP contribution is 2.12. The number of carbonyl (C=O) groups excluding carboxylic acids is 2. The third kappa shape index (κ3) is 3.73. The maximum Gasteiger partial charge on any atom is 0.325 e. The van der Waals surface area contributed by atoms with Crippen molar-refractivity contribution in [2.75, 3.05) is 32.1 Å². The molecule has 0 saturated carbocycles. The summed E-state index contributed by atoms with van der Waals surface area (Å²) in [5, 5.41) is 2.50. The molecule has 1 rings (SSSR count). The van der Waals surface area contributed by atoms with Crippen LogP contribution in [0.5, 0.6) is 0 Å². The normalized spacial score (nSPS) is 9.72. The van der Waals surface area contributed by atoms with Crippen LogP contribution in [-0.2, 0) is 9.53 Å². The van der Waals surface area contributed by atoms with Crippen molar-refractivity contribution in [3.8, 4) is 0 Å². The number of hydrogen-bond acceptors (Lipinski definition) is 5. The van der Waals surface area contributed by atoms with Crippen LogP contribution in [0.4, 0.5) is 5.69 Å². The lowest BCUT2D eigenvalue weighted by Crippen LogP contribution is -2.27. The predicted molar refractivity (Wildman–Crippen MR) is 67.5 cm³/mol. The van der Waals surface area contributed by atoms with Crippen LogP contribution in [0.25, 0.3) is 0 Å². The molecule has 0 unspecified atom stereocenters. The van der Waals surface area contributed by atoms with Crippen molar-refractivity contribution in [1.82, 2.24) is 10.3 Å². The van der Waals surface area contributed by atoms with Gasteiger partial charge in [0.2, 0.25) is 0 Å². The molecule has 1 aromatic rings. The molecule has 0 aromatic carbocycles. The molecule has 1 N–H and O–H groups in total. The maximum absolute atomic E-state index is 11.4. The first kappa shape index (κ1) is 14.0. The van der Waals surface area contributed by atoms with Gasteiger partial charge in [-0.3, -0.25) is 14.6 Å². The first-order chi connectivity index (χ1) is 8.58. The van der Waals surface area contributed by atoms with Gasteiger partial charge in [0.15, 0.2) is 0 Å². The lowest BCUT2D eigenvalue weighted by molar-refractivity contribution is -0.141. The van der Waals surface area contributed by atoms with Gasteiger partial charge in [0.25, 0.3) is 5.91 Å². The molecule has 1 amide bonds. The third-order valence-electron chi connectivity index (χ3n) is 2.32. The first-order valence-electron chi connectivity index (χ1n) is 5.63. The molecule has 18 heavy (non-hydrogen) atoms. The van der Waals surface area contributed by atoms with Crippen molar-refractivity contribution in [2.24, 2.45) is 0 Å². The van der Waals surface area contributed by atoms with Crippen LogP contribution in [0, 0.1) is 0 Å². The zero-order valence-electron chi connectivity index (χ0n) is 10.8. The second-order valence-corrected chi connectivity index (χ2v) is 3.64. The summed E-state index contributed by atoms with van der Waals surface area (Å²) in [6.45, 7) is 2.24. The molecule has 1 aromatic heterocycles. The van der Waals surface area contributed by atoms with Gasteiger partial charge in [-0.2, -0.15) is 0 Å². The van der Waals surface area contributed by atoms with E-state index in [-0.39, 0.29) is 18.4 Å². The molecule has 0 atom stereocenters. The molecule has 0 spiro atoms. The van der Waals surface area contributed by atoms with E-state index in [1.165, 1.54) is 6.20 Å². The smallest absolute Gasteiger partial charge is 0.325 e. The summed E-state index contributed by atoms with van der Waals surface area (Å²) < 4.78 is 4.86. The van der Waals surface area contributed by atoms with Gasteiger partial charge >= 0.3 is 5.97 Å². The summed E-state index contributed by atoms with van der Waals surface area (Å²) in [6, 6.07) is 3.35. The Kier molecular flexibility index (Phi) is 5.10. The van der Waals surface area contributed by atoms with Crippen LogP contribution in [0.3, 0.4) is 0 Å². The van der Waals surface area contributed by atoms with Gasteiger partial charge < -0.3 is 15.0 Å². The molecule has 1 heterocycles. The Labute approximate surface area is 106 Å². The number of carbonyl (C=O) groups is 2. The summed E-state index contributed by atoms with van der Waals surface area (Å²) in [7, 11) is 3.29. The second-order valence-electron chi connectivity index (χ2n) is 3.64. The fourth-order valence-corrected chi connectivity index (χ4v) is 1.40. The average molecular weight is 251 g/mol. The summed E-state index contributed by atoms with van der Waals surface area (Å²) in [6.07, 6.45) is 1.53. The van der Waals surface area contributed by atoms with E-state index in [1.54, 1.807) is 38.1 Å². The fraction of sp³-hybridized carbons (Fsp3) is 0.417. The van der Waals surface area contributed by atoms with E-state index in [2.05, 4.69) is 10.3 Å². The number of hydrogen-bond donors (Lipinski definition) is 1. The van der Waals surface area contributed by atoms with Crippen molar-refractivity contribution in [2.45, 2.75) is 6.92 Å². The molecule has 0 fully saturated rings. The molecule has 0 saturated heterocycles. The number of aromatic nitrogens is 1. The zero-order valence-corrected chi connectivity index (χ0v) is 10.8. The number of nitrogens with zero attached hydrogens (tertiary/aromatic N) is 2. The lowest BCUT2D eigenvalue weighted by Gasteiger charge is -2.18. The molecule has 0 aliphatic rings. The van der Waals surface area contributed by atoms with E-state index < -0.39 is 0 Å². The Hall–Kier alpha value is -2.11. The molecular formula is C12H17N3O3. The molecule has 0 aliphatic heterocycles. The van der Waals surface area contributed by atoms with E-state index >= 15 is 0 Å². The number of esters is 1. The van der Waals surface area contributed by atoms with Crippen molar-refractivity contribution >= 4 is 17.6 Å². The number of nitrogens with one attached hydrogen (secondary N) is 1. The maximum atomic E-state index is 11.4. The number of ether oxygens (including phenoxy) is 1. The summed E-state index contributed by atoms with van der Waals surface area (Å²) in [4.78, 5) is 28.4. The minimum Gasteiger partial charge on any atom is -0.465 e. The van der Waals surface area contributed by atoms with Gasteiger partial charge in [0.1, 0.15) is 12.2 Å². The van der Waals surface area contributed by atoms with Crippen LogP contribution < -0.4 is 10.2 Å². The SMILES string of the molecule is CCOC(=O)CN(C)c1ccnc(C(=O)NC)c1. The number of likely N-dealkylation sites (N-methyl/N-ethyl adjacent to an activating group) is 1. The van der Waals surface area contributed by atoms with Crippen LogP contribution in [0.15, 0.2) is 18.3 Å². The number of anilines is 1. The van der Waals surface area contributed by atoms with E-state index in [1.807, 2.05) is 0 Å². The highest BCUT2D eigenvalue weighted by Gasteiger charge is 2.11. The molecular weight excluding hydrogens is 234 g/mol. The molecule has 6 nitrogen and oxygen atoms in total. The first-order valence-corrected chi connectivity index (χ1v) is 5.63. The Morgan fingerprint density at radius 1 is 1.50 bits per heavy atom. The van der Waals surface area contributed by atoms with Gasteiger partial charge in [0.05, 0.1) is 6.61 Å². The number of rotatable bonds is 5. The highest BCUT2D eigenvalue weighted by molar-refractivity contribution is 5.93. The molecule has 0 radical (unpaired) electrons. The van der Waals surface area contributed by atoms with Gasteiger partial charge in [0, 0.05) is 26.0 Å². The largest absolute Gasteiger partial charge is 0.465 e. The Morgan fingerprint density at radius 2 is 2.22 bits per heavy atom. The van der Waals surface area contributed by atoms with Gasteiger partial charge in [-0.05, 0) is 19.1 Å². The third-order valence-corrected chi connectivity index (χ3v) is 2.32. The minimum atomic E-state index is -0.307. The van der Waals surface area contributed by atoms with Crippen molar-refractivity contribution in [3.63, 3.8) is 0 Å². The van der Waals surface area contributed by atoms with Crippen LogP contribution in [0.1, 0.15) is 17.4 Å². The molecule has 6 heteroatoms. The van der Waals surface area contributed by atoms with Crippen LogP contribution in [0.2, 0.25) is 0 Å². The van der Waals surface area contributed by atoms with Gasteiger partial charge in [-0.25, -0.2) is 0 Å². The number of pyridine rings is 1. The monoisotopic (exact) mass is 251 g/mol. The summed E-state index contributed by atoms with van der Waals surface area (Å²) >= 11 is 0. The highest BCUT2D eigenvalue weighted by atomic mass is 16.5. The second kappa shape index (κ2) is 6.58. The molecule has 0 bridgehead atoms. The van der Waals surface area contributed by atoms with E-state index in [0.29, 0.717) is 12.3 Å². The quantitative estimate of drug-likeness (QED) is 0.769. The van der Waals surface area contributed by atoms with E-state index in [9.17, 15) is 9.59 Å². The standard InChI is InChI=1S/C12H17N3O3/c1-4-18-11(16)8-15(3)9-5-6-14-10(7-9)12(17)13-2/h5-7H,4,8H2,1-3H3,(H,13,17). The summed E-state index contributed by atoms with van der Waals surface area (Å²) in [5.41, 5.74) is 1.04. The van der Waals surface area contributed by atoms with Crippen molar-refractivity contribution in [3.05, 3.63) is 24.0 Å². The predicted octanol–water partition coefficient (Wildman–Crippen LogP) is 0.440. The number of amides is 1. The fourth-order valence-electron chi connectivity index (χ4n) is 1.40. The Balaban J connectivity index is 2.76. The summed E-state index contributed by atoms with van der Waals surface area (Å²) in [5.74, 6) is -0.570. The Bertz CT molecular complexity index is 434. The van der Waals surface area contributed by atoms with Crippen LogP contribution >= 0.6 is 0 Å². The van der Waals surface area contributed by atoms with E-state index in [4.69, 9.17) is 4.74 Å². The lowest BCUT2D eigenvalue weighted by atomic mass is 10.3. The topological polar surface area (TPSA) is 71.5 Å². The van der Waals surface area contributed by atoms with Gasteiger partial charge in [-0.1, -0.05) is 0 Å². The van der Waals surface area contributed by atoms with Crippen molar-refractivity contribution < 1.29 is 14.3 Å². The minimum absolute atomic E-state index is 0.130.